The van der Waals surface area contributed by atoms with Crippen molar-refractivity contribution in [3.8, 4) is 5.75 Å². The Morgan fingerprint density at radius 2 is 2.00 bits per heavy atom. The fourth-order valence-corrected chi connectivity index (χ4v) is 4.07. The molecule has 166 valence electrons. The van der Waals surface area contributed by atoms with Gasteiger partial charge in [0.1, 0.15) is 22.7 Å². The van der Waals surface area contributed by atoms with Crippen LogP contribution in [-0.4, -0.2) is 46.0 Å². The minimum absolute atomic E-state index is 0.0282. The highest BCUT2D eigenvalue weighted by Gasteiger charge is 2.24. The lowest BCUT2D eigenvalue weighted by Crippen LogP contribution is -2.43. The summed E-state index contributed by atoms with van der Waals surface area (Å²) in [5.74, 6) is 0.806. The summed E-state index contributed by atoms with van der Waals surface area (Å²) in [7, 11) is 0. The maximum Gasteiger partial charge on any atom is 0.323 e. The van der Waals surface area contributed by atoms with Crippen LogP contribution in [0, 0.1) is 0 Å². The van der Waals surface area contributed by atoms with Crippen molar-refractivity contribution >= 4 is 40.7 Å². The number of thiazole rings is 1. The molecule has 0 bridgehead atoms. The molecule has 1 aromatic carbocycles. The highest BCUT2D eigenvalue weighted by Crippen LogP contribution is 2.22. The van der Waals surface area contributed by atoms with E-state index >= 15 is 0 Å². The highest BCUT2D eigenvalue weighted by atomic mass is 35.5. The van der Waals surface area contributed by atoms with Gasteiger partial charge in [-0.2, -0.15) is 0 Å². The van der Waals surface area contributed by atoms with Gasteiger partial charge >= 0.3 is 6.03 Å². The molecular formula is C22H22ClN5O3S. The lowest BCUT2D eigenvalue weighted by atomic mass is 10.1. The predicted octanol–water partition coefficient (Wildman–Crippen LogP) is 4.20. The minimum Gasteiger partial charge on any atom is -0.490 e. The molecule has 3 amide bonds. The smallest absolute Gasteiger partial charge is 0.323 e. The zero-order valence-electron chi connectivity index (χ0n) is 17.2. The molecule has 0 atom stereocenters. The molecule has 8 nitrogen and oxygen atoms in total. The highest BCUT2D eigenvalue weighted by molar-refractivity contribution is 7.09. The fraction of sp³-hybridized carbons (Fsp3) is 0.273. The van der Waals surface area contributed by atoms with E-state index in [2.05, 4.69) is 20.6 Å². The normalized spacial score (nSPS) is 14.1. The molecule has 2 N–H and O–H groups in total. The van der Waals surface area contributed by atoms with Crippen molar-refractivity contribution in [3.63, 3.8) is 0 Å². The summed E-state index contributed by atoms with van der Waals surface area (Å²) in [6.07, 6.45) is 4.65. The maximum absolute atomic E-state index is 12.6. The number of pyridine rings is 1. The molecule has 1 aliphatic rings. The van der Waals surface area contributed by atoms with Gasteiger partial charge in [0.05, 0.1) is 6.54 Å². The van der Waals surface area contributed by atoms with Crippen molar-refractivity contribution in [2.24, 2.45) is 0 Å². The van der Waals surface area contributed by atoms with Gasteiger partial charge in [0.25, 0.3) is 5.91 Å². The zero-order valence-corrected chi connectivity index (χ0v) is 18.7. The van der Waals surface area contributed by atoms with Crippen LogP contribution in [0.4, 0.5) is 10.6 Å². The van der Waals surface area contributed by atoms with Crippen LogP contribution in [-0.2, 0) is 6.54 Å². The van der Waals surface area contributed by atoms with E-state index in [-0.39, 0.29) is 18.0 Å². The molecule has 1 aliphatic heterocycles. The van der Waals surface area contributed by atoms with Crippen molar-refractivity contribution < 1.29 is 14.3 Å². The van der Waals surface area contributed by atoms with Gasteiger partial charge in [0.15, 0.2) is 0 Å². The van der Waals surface area contributed by atoms with Gasteiger partial charge < -0.3 is 15.0 Å². The molecule has 0 radical (unpaired) electrons. The van der Waals surface area contributed by atoms with Crippen molar-refractivity contribution in [2.75, 3.05) is 18.4 Å². The summed E-state index contributed by atoms with van der Waals surface area (Å²) in [6.45, 7) is 1.48. The van der Waals surface area contributed by atoms with Crippen LogP contribution >= 0.6 is 22.9 Å². The third-order valence-electron chi connectivity index (χ3n) is 4.97. The third-order valence-corrected chi connectivity index (χ3v) is 5.98. The number of urea groups is 1. The first-order valence-electron chi connectivity index (χ1n) is 10.2. The van der Waals surface area contributed by atoms with E-state index in [1.165, 1.54) is 17.5 Å². The molecule has 1 saturated heterocycles. The van der Waals surface area contributed by atoms with E-state index < -0.39 is 0 Å². The molecule has 4 rings (SSSR count). The number of nitrogens with zero attached hydrogens (tertiary/aromatic N) is 3. The molecule has 3 heterocycles. The zero-order chi connectivity index (χ0) is 22.3. The first-order valence-corrected chi connectivity index (χ1v) is 11.4. The summed E-state index contributed by atoms with van der Waals surface area (Å²) in [5.41, 5.74) is 0.417. The van der Waals surface area contributed by atoms with Gasteiger partial charge in [-0.1, -0.05) is 17.7 Å². The Hall–Kier alpha value is -3.17. The van der Waals surface area contributed by atoms with Crippen LogP contribution in [0.5, 0.6) is 5.75 Å². The van der Waals surface area contributed by atoms with Crippen LogP contribution in [0.3, 0.4) is 0 Å². The monoisotopic (exact) mass is 471 g/mol. The minimum atomic E-state index is -0.253. The van der Waals surface area contributed by atoms with Gasteiger partial charge in [-0.3, -0.25) is 10.1 Å². The first-order chi connectivity index (χ1) is 15.6. The number of piperidine rings is 1. The van der Waals surface area contributed by atoms with Crippen LogP contribution < -0.4 is 15.4 Å². The lowest BCUT2D eigenvalue weighted by Gasteiger charge is -2.32. The second-order valence-corrected chi connectivity index (χ2v) is 8.65. The van der Waals surface area contributed by atoms with Crippen molar-refractivity contribution in [1.29, 1.82) is 0 Å². The number of hydrogen-bond acceptors (Lipinski definition) is 6. The second-order valence-electron chi connectivity index (χ2n) is 7.23. The van der Waals surface area contributed by atoms with Crippen molar-refractivity contribution in [1.82, 2.24) is 20.2 Å². The number of aromatic nitrogens is 2. The van der Waals surface area contributed by atoms with E-state index in [0.717, 1.165) is 10.8 Å². The van der Waals surface area contributed by atoms with Crippen molar-refractivity contribution in [3.05, 3.63) is 69.8 Å². The number of benzene rings is 1. The molecule has 0 aliphatic carbocycles. The Morgan fingerprint density at radius 1 is 1.16 bits per heavy atom. The number of rotatable bonds is 6. The summed E-state index contributed by atoms with van der Waals surface area (Å²) in [6, 6.07) is 10.2. The van der Waals surface area contributed by atoms with E-state index in [1.54, 1.807) is 35.4 Å². The summed E-state index contributed by atoms with van der Waals surface area (Å²) < 4.78 is 5.97. The number of amides is 3. The number of likely N-dealkylation sites (tertiary alicyclic amines) is 1. The SMILES string of the molecule is O=C(NCc1nccs1)c1ccnc(NC(=O)N2CCC(Oc3cccc(Cl)c3)CC2)c1. The molecule has 0 unspecified atom stereocenters. The number of ether oxygens (including phenoxy) is 1. The van der Waals surface area contributed by atoms with Crippen LogP contribution in [0.2, 0.25) is 5.02 Å². The van der Waals surface area contributed by atoms with E-state index in [4.69, 9.17) is 16.3 Å². The topological polar surface area (TPSA) is 96.4 Å². The number of carbonyl (C=O) groups excluding carboxylic acids is 2. The number of carbonyl (C=O) groups is 2. The molecule has 10 heteroatoms. The Balaban J connectivity index is 1.27. The van der Waals surface area contributed by atoms with Crippen molar-refractivity contribution in [2.45, 2.75) is 25.5 Å². The Labute approximate surface area is 194 Å². The largest absolute Gasteiger partial charge is 0.490 e. The average Bonchev–Trinajstić information content (AvgIpc) is 3.32. The fourth-order valence-electron chi connectivity index (χ4n) is 3.34. The second kappa shape index (κ2) is 10.4. The number of anilines is 1. The number of hydrogen-bond donors (Lipinski definition) is 2. The Bertz CT molecular complexity index is 1070. The molecule has 1 fully saturated rings. The van der Waals surface area contributed by atoms with Gasteiger partial charge in [-0.05, 0) is 30.3 Å². The third kappa shape index (κ3) is 5.95. The van der Waals surface area contributed by atoms with Crippen LogP contribution in [0.15, 0.2) is 54.2 Å². The number of nitrogens with one attached hydrogen (secondary N) is 2. The predicted molar refractivity (Wildman–Crippen MR) is 123 cm³/mol. The molecule has 32 heavy (non-hydrogen) atoms. The van der Waals surface area contributed by atoms with E-state index in [9.17, 15) is 9.59 Å². The van der Waals surface area contributed by atoms with E-state index in [0.29, 0.717) is 48.9 Å². The standard InChI is InChI=1S/C22H22ClN5O3S/c23-16-2-1-3-18(13-16)31-17-5-9-28(10-6-17)22(30)27-19-12-15(4-7-24-19)21(29)26-14-20-25-8-11-32-20/h1-4,7-8,11-13,17H,5-6,9-10,14H2,(H,26,29)(H,24,27,30). The lowest BCUT2D eigenvalue weighted by molar-refractivity contribution is 0.0950. The quantitative estimate of drug-likeness (QED) is 0.561. The Kier molecular flexibility index (Phi) is 7.18. The van der Waals surface area contributed by atoms with Gasteiger partial charge in [0, 0.05) is 54.3 Å². The number of halogens is 1. The Morgan fingerprint density at radius 3 is 2.75 bits per heavy atom. The van der Waals surface area contributed by atoms with Crippen LogP contribution in [0.25, 0.3) is 0 Å². The average molecular weight is 472 g/mol. The summed E-state index contributed by atoms with van der Waals surface area (Å²) >= 11 is 7.47. The molecule has 0 spiro atoms. The molecule has 2 aromatic heterocycles. The van der Waals surface area contributed by atoms with Crippen LogP contribution in [0.1, 0.15) is 28.2 Å². The van der Waals surface area contributed by atoms with E-state index in [1.807, 2.05) is 17.5 Å². The molecule has 0 saturated carbocycles. The van der Waals surface area contributed by atoms with Gasteiger partial charge in [-0.15, -0.1) is 11.3 Å². The van der Waals surface area contributed by atoms with Gasteiger partial charge in [0.2, 0.25) is 0 Å². The maximum atomic E-state index is 12.6. The molecular weight excluding hydrogens is 450 g/mol. The molecule has 3 aromatic rings. The first kappa shape index (κ1) is 22.0. The summed E-state index contributed by atoms with van der Waals surface area (Å²) in [5, 5.41) is 8.89. The summed E-state index contributed by atoms with van der Waals surface area (Å²) in [4.78, 5) is 35.0. The van der Waals surface area contributed by atoms with Gasteiger partial charge in [-0.25, -0.2) is 14.8 Å².